The first kappa shape index (κ1) is 12.6. The lowest BCUT2D eigenvalue weighted by molar-refractivity contribution is 1.34. The molecule has 1 N–H and O–H groups in total. The van der Waals surface area contributed by atoms with Gasteiger partial charge in [-0.05, 0) is 35.4 Å². The molecule has 0 aliphatic heterocycles. The zero-order valence-electron chi connectivity index (χ0n) is 11.5. The Labute approximate surface area is 131 Å². The van der Waals surface area contributed by atoms with E-state index in [1.54, 1.807) is 0 Å². The van der Waals surface area contributed by atoms with Crippen LogP contribution in [0.5, 0.6) is 0 Å². The Kier molecular flexibility index (Phi) is 2.82. The lowest BCUT2D eigenvalue weighted by Gasteiger charge is -2.03. The van der Waals surface area contributed by atoms with E-state index in [4.69, 9.17) is 4.98 Å². The molecule has 2 nitrogen and oxygen atoms in total. The van der Waals surface area contributed by atoms with Gasteiger partial charge in [-0.2, -0.15) is 0 Å². The molecule has 4 aromatic rings. The fourth-order valence-electron chi connectivity index (χ4n) is 2.81. The van der Waals surface area contributed by atoms with Gasteiger partial charge in [0.25, 0.3) is 0 Å². The molecule has 1 aromatic heterocycles. The minimum Gasteiger partial charge on any atom is -0.338 e. The maximum absolute atomic E-state index is 4.80. The van der Waals surface area contributed by atoms with E-state index in [-0.39, 0.29) is 0 Å². The van der Waals surface area contributed by atoms with Crippen LogP contribution in [0.15, 0.2) is 59.1 Å². The molecule has 0 atom stereocenters. The summed E-state index contributed by atoms with van der Waals surface area (Å²) in [6, 6.07) is 18.9. The van der Waals surface area contributed by atoms with Crippen molar-refractivity contribution < 1.29 is 0 Å². The standard InChI is InChI=1S/C18H13BrN2/c1-11-9-13(19)10-16-17(11)21-18(20-16)15-8-4-6-12-5-2-3-7-14(12)15/h2-10H,1H3,(H,20,21). The Bertz CT molecular complexity index is 964. The second kappa shape index (κ2) is 4.71. The molecule has 21 heavy (non-hydrogen) atoms. The number of aromatic amines is 1. The highest BCUT2D eigenvalue weighted by Gasteiger charge is 2.10. The van der Waals surface area contributed by atoms with Crippen molar-refractivity contribution in [2.24, 2.45) is 0 Å². The van der Waals surface area contributed by atoms with E-state index < -0.39 is 0 Å². The zero-order chi connectivity index (χ0) is 14.4. The molecule has 0 spiro atoms. The summed E-state index contributed by atoms with van der Waals surface area (Å²) in [7, 11) is 0. The van der Waals surface area contributed by atoms with E-state index in [9.17, 15) is 0 Å². The van der Waals surface area contributed by atoms with Crippen molar-refractivity contribution in [2.45, 2.75) is 6.92 Å². The van der Waals surface area contributed by atoms with E-state index >= 15 is 0 Å². The summed E-state index contributed by atoms with van der Waals surface area (Å²) in [4.78, 5) is 8.24. The number of aryl methyl sites for hydroxylation is 1. The Morgan fingerprint density at radius 1 is 1.00 bits per heavy atom. The Balaban J connectivity index is 2.03. The molecule has 0 aliphatic rings. The van der Waals surface area contributed by atoms with Gasteiger partial charge in [-0.3, -0.25) is 0 Å². The number of halogens is 1. The second-order valence-electron chi connectivity index (χ2n) is 5.23. The third-order valence-corrected chi connectivity index (χ3v) is 4.24. The molecule has 4 rings (SSSR count). The van der Waals surface area contributed by atoms with Crippen LogP contribution in [-0.2, 0) is 0 Å². The average Bonchev–Trinajstić information content (AvgIpc) is 2.90. The smallest absolute Gasteiger partial charge is 0.139 e. The molecule has 0 radical (unpaired) electrons. The zero-order valence-corrected chi connectivity index (χ0v) is 13.1. The number of imidazole rings is 1. The van der Waals surface area contributed by atoms with Crippen LogP contribution in [0.4, 0.5) is 0 Å². The number of nitrogens with zero attached hydrogens (tertiary/aromatic N) is 1. The molecule has 0 aliphatic carbocycles. The van der Waals surface area contributed by atoms with Crippen molar-refractivity contribution in [3.63, 3.8) is 0 Å². The van der Waals surface area contributed by atoms with E-state index in [0.717, 1.165) is 26.9 Å². The van der Waals surface area contributed by atoms with Crippen molar-refractivity contribution >= 4 is 37.7 Å². The highest BCUT2D eigenvalue weighted by atomic mass is 79.9. The van der Waals surface area contributed by atoms with Crippen LogP contribution in [0, 0.1) is 6.92 Å². The highest BCUT2D eigenvalue weighted by molar-refractivity contribution is 9.10. The fraction of sp³-hybridized carbons (Fsp3) is 0.0556. The minimum absolute atomic E-state index is 0.919. The van der Waals surface area contributed by atoms with Crippen LogP contribution >= 0.6 is 15.9 Å². The minimum atomic E-state index is 0.919. The van der Waals surface area contributed by atoms with Gasteiger partial charge in [0, 0.05) is 10.0 Å². The average molecular weight is 337 g/mol. The molecule has 0 amide bonds. The third-order valence-electron chi connectivity index (χ3n) is 3.79. The van der Waals surface area contributed by atoms with Gasteiger partial charge < -0.3 is 4.98 Å². The number of rotatable bonds is 1. The number of H-pyrrole nitrogens is 1. The third kappa shape index (κ3) is 2.05. The predicted molar refractivity (Wildman–Crippen MR) is 91.5 cm³/mol. The first-order valence-corrected chi connectivity index (χ1v) is 7.66. The van der Waals surface area contributed by atoms with Crippen LogP contribution < -0.4 is 0 Å². The summed E-state index contributed by atoms with van der Waals surface area (Å²) in [6.07, 6.45) is 0. The molecule has 0 bridgehead atoms. The fourth-order valence-corrected chi connectivity index (χ4v) is 3.38. The quantitative estimate of drug-likeness (QED) is 0.491. The first-order chi connectivity index (χ1) is 10.2. The molecule has 0 fully saturated rings. The first-order valence-electron chi connectivity index (χ1n) is 6.86. The van der Waals surface area contributed by atoms with Gasteiger partial charge in [0.05, 0.1) is 11.0 Å². The van der Waals surface area contributed by atoms with Crippen LogP contribution in [0.25, 0.3) is 33.2 Å². The molecule has 1 heterocycles. The maximum Gasteiger partial charge on any atom is 0.139 e. The van der Waals surface area contributed by atoms with E-state index in [0.29, 0.717) is 0 Å². The topological polar surface area (TPSA) is 28.7 Å². The van der Waals surface area contributed by atoms with Crippen molar-refractivity contribution in [2.75, 3.05) is 0 Å². The lowest BCUT2D eigenvalue weighted by atomic mass is 10.0. The van der Waals surface area contributed by atoms with Gasteiger partial charge in [0.2, 0.25) is 0 Å². The number of hydrogen-bond acceptors (Lipinski definition) is 1. The summed E-state index contributed by atoms with van der Waals surface area (Å²) in [5, 5.41) is 2.45. The molecule has 3 heteroatoms. The summed E-state index contributed by atoms with van der Waals surface area (Å²) < 4.78 is 1.07. The Hall–Kier alpha value is -2.13. The maximum atomic E-state index is 4.80. The Morgan fingerprint density at radius 2 is 1.81 bits per heavy atom. The van der Waals surface area contributed by atoms with Crippen LogP contribution in [0.3, 0.4) is 0 Å². The van der Waals surface area contributed by atoms with E-state index in [2.05, 4.69) is 82.4 Å². The van der Waals surface area contributed by atoms with Crippen LogP contribution in [-0.4, -0.2) is 9.97 Å². The molecular weight excluding hydrogens is 324 g/mol. The molecular formula is C18H13BrN2. The van der Waals surface area contributed by atoms with Crippen molar-refractivity contribution in [3.05, 3.63) is 64.6 Å². The second-order valence-corrected chi connectivity index (χ2v) is 6.15. The number of benzene rings is 3. The normalized spacial score (nSPS) is 11.3. The predicted octanol–water partition coefficient (Wildman–Crippen LogP) is 5.45. The molecule has 0 saturated heterocycles. The Morgan fingerprint density at radius 3 is 2.71 bits per heavy atom. The van der Waals surface area contributed by atoms with Gasteiger partial charge >= 0.3 is 0 Å². The van der Waals surface area contributed by atoms with Gasteiger partial charge in [-0.1, -0.05) is 58.4 Å². The molecule has 3 aromatic carbocycles. The van der Waals surface area contributed by atoms with Crippen LogP contribution in [0.2, 0.25) is 0 Å². The largest absolute Gasteiger partial charge is 0.338 e. The van der Waals surface area contributed by atoms with E-state index in [1.807, 2.05) is 0 Å². The summed E-state index contributed by atoms with van der Waals surface area (Å²) >= 11 is 3.54. The number of hydrogen-bond donors (Lipinski definition) is 1. The lowest BCUT2D eigenvalue weighted by Crippen LogP contribution is -1.83. The number of fused-ring (bicyclic) bond motifs is 2. The molecule has 0 unspecified atom stereocenters. The SMILES string of the molecule is Cc1cc(Br)cc2[nH]c(-c3cccc4ccccc34)nc12. The molecule has 0 saturated carbocycles. The van der Waals surface area contributed by atoms with Crippen molar-refractivity contribution in [1.29, 1.82) is 0 Å². The van der Waals surface area contributed by atoms with Gasteiger partial charge in [-0.15, -0.1) is 0 Å². The number of nitrogens with one attached hydrogen (secondary N) is 1. The van der Waals surface area contributed by atoms with Gasteiger partial charge in [0.15, 0.2) is 0 Å². The van der Waals surface area contributed by atoms with E-state index in [1.165, 1.54) is 16.3 Å². The summed E-state index contributed by atoms with van der Waals surface area (Å²) in [5.74, 6) is 0.919. The van der Waals surface area contributed by atoms with Gasteiger partial charge in [-0.25, -0.2) is 4.98 Å². The molecule has 102 valence electrons. The van der Waals surface area contributed by atoms with Gasteiger partial charge in [0.1, 0.15) is 5.82 Å². The summed E-state index contributed by atoms with van der Waals surface area (Å²) in [6.45, 7) is 2.08. The number of aromatic nitrogens is 2. The van der Waals surface area contributed by atoms with Crippen LogP contribution in [0.1, 0.15) is 5.56 Å². The summed E-state index contributed by atoms with van der Waals surface area (Å²) in [5.41, 5.74) is 4.40. The highest BCUT2D eigenvalue weighted by Crippen LogP contribution is 2.30. The van der Waals surface area contributed by atoms with Crippen molar-refractivity contribution in [3.8, 4) is 11.4 Å². The monoisotopic (exact) mass is 336 g/mol. The van der Waals surface area contributed by atoms with Crippen molar-refractivity contribution in [1.82, 2.24) is 9.97 Å².